The summed E-state index contributed by atoms with van der Waals surface area (Å²) in [6.07, 6.45) is 0. The normalized spacial score (nSPS) is 12.8. The van der Waals surface area contributed by atoms with E-state index in [1.807, 2.05) is 0 Å². The molecule has 0 unspecified atom stereocenters. The van der Waals surface area contributed by atoms with E-state index in [9.17, 15) is 4.79 Å². The van der Waals surface area contributed by atoms with Gasteiger partial charge in [-0.15, -0.1) is 0 Å². The lowest BCUT2D eigenvalue weighted by molar-refractivity contribution is 0.0691. The highest BCUT2D eigenvalue weighted by molar-refractivity contribution is 5.96. The number of aromatic amines is 1. The van der Waals surface area contributed by atoms with Crippen LogP contribution in [0.2, 0.25) is 0 Å². The summed E-state index contributed by atoms with van der Waals surface area (Å²) in [5, 5.41) is 18.3. The maximum atomic E-state index is 10.9. The number of nitrogens with one attached hydrogen (secondary N) is 2. The summed E-state index contributed by atoms with van der Waals surface area (Å²) >= 11 is 0. The summed E-state index contributed by atoms with van der Waals surface area (Å²) in [5.74, 6) is 0.0297. The molecule has 0 amide bonds. The van der Waals surface area contributed by atoms with Crippen molar-refractivity contribution in [2.75, 3.05) is 5.32 Å². The molecule has 2 aromatic heterocycles. The molecule has 7 heteroatoms. The SMILES string of the molecule is Cc1nc2c(o1)-c1[nH]nc(C(=O)O)c1NC2. The number of aromatic nitrogens is 3. The fraction of sp³-hybridized carbons (Fsp3) is 0.222. The van der Waals surface area contributed by atoms with Crippen LogP contribution in [0, 0.1) is 6.92 Å². The standard InChI is InChI=1S/C9H8N4O3/c1-3-11-4-2-10-5-6(8(4)16-3)12-13-7(5)9(14)15/h10H,2H2,1H3,(H,12,13)(H,14,15). The second-order valence-corrected chi connectivity index (χ2v) is 3.49. The van der Waals surface area contributed by atoms with Crippen LogP contribution < -0.4 is 5.32 Å². The van der Waals surface area contributed by atoms with E-state index >= 15 is 0 Å². The number of fused-ring (bicyclic) bond motifs is 3. The number of anilines is 1. The molecule has 0 fully saturated rings. The Morgan fingerprint density at radius 2 is 2.38 bits per heavy atom. The molecule has 0 spiro atoms. The van der Waals surface area contributed by atoms with Gasteiger partial charge in [-0.25, -0.2) is 9.78 Å². The van der Waals surface area contributed by atoms with Crippen molar-refractivity contribution in [2.45, 2.75) is 13.5 Å². The van der Waals surface area contributed by atoms with E-state index in [-0.39, 0.29) is 5.69 Å². The van der Waals surface area contributed by atoms with Crippen LogP contribution in [0.5, 0.6) is 0 Å². The van der Waals surface area contributed by atoms with E-state index in [4.69, 9.17) is 9.52 Å². The zero-order chi connectivity index (χ0) is 11.3. The first kappa shape index (κ1) is 8.96. The number of nitrogens with zero attached hydrogens (tertiary/aromatic N) is 2. The number of rotatable bonds is 1. The quantitative estimate of drug-likeness (QED) is 0.662. The number of oxazole rings is 1. The highest BCUT2D eigenvalue weighted by Gasteiger charge is 2.28. The Kier molecular flexibility index (Phi) is 1.59. The minimum absolute atomic E-state index is 0.0327. The van der Waals surface area contributed by atoms with Crippen LogP contribution in [0.15, 0.2) is 4.42 Å². The molecule has 7 nitrogen and oxygen atoms in total. The fourth-order valence-corrected chi connectivity index (χ4v) is 1.79. The number of hydrogen-bond acceptors (Lipinski definition) is 5. The summed E-state index contributed by atoms with van der Waals surface area (Å²) < 4.78 is 5.41. The van der Waals surface area contributed by atoms with Crippen molar-refractivity contribution in [3.05, 3.63) is 17.3 Å². The molecule has 3 rings (SSSR count). The summed E-state index contributed by atoms with van der Waals surface area (Å²) in [5.41, 5.74) is 1.72. The molecule has 16 heavy (non-hydrogen) atoms. The van der Waals surface area contributed by atoms with Crippen LogP contribution >= 0.6 is 0 Å². The van der Waals surface area contributed by atoms with Crippen LogP contribution in [0.3, 0.4) is 0 Å². The zero-order valence-electron chi connectivity index (χ0n) is 8.37. The summed E-state index contributed by atoms with van der Waals surface area (Å²) in [4.78, 5) is 15.1. The number of carboxylic acid groups (broad SMARTS) is 1. The van der Waals surface area contributed by atoms with Gasteiger partial charge in [0.05, 0.1) is 12.2 Å². The van der Waals surface area contributed by atoms with Gasteiger partial charge in [-0.3, -0.25) is 5.10 Å². The molecule has 1 aliphatic heterocycles. The lowest BCUT2D eigenvalue weighted by atomic mass is 10.1. The smallest absolute Gasteiger partial charge is 0.358 e. The molecule has 0 saturated heterocycles. The van der Waals surface area contributed by atoms with E-state index in [1.165, 1.54) is 0 Å². The van der Waals surface area contributed by atoms with E-state index < -0.39 is 5.97 Å². The van der Waals surface area contributed by atoms with Gasteiger partial charge in [0.25, 0.3) is 0 Å². The number of H-pyrrole nitrogens is 1. The first-order valence-corrected chi connectivity index (χ1v) is 4.69. The van der Waals surface area contributed by atoms with E-state index in [0.717, 1.165) is 5.69 Å². The number of aryl methyl sites for hydroxylation is 1. The first-order chi connectivity index (χ1) is 7.66. The zero-order valence-corrected chi connectivity index (χ0v) is 8.37. The molecule has 0 bridgehead atoms. The van der Waals surface area contributed by atoms with Crippen molar-refractivity contribution in [2.24, 2.45) is 0 Å². The Morgan fingerprint density at radius 1 is 1.56 bits per heavy atom. The van der Waals surface area contributed by atoms with Crippen molar-refractivity contribution in [3.63, 3.8) is 0 Å². The lowest BCUT2D eigenvalue weighted by Gasteiger charge is -2.11. The second kappa shape index (κ2) is 2.84. The fourth-order valence-electron chi connectivity index (χ4n) is 1.79. The lowest BCUT2D eigenvalue weighted by Crippen LogP contribution is -2.10. The van der Waals surface area contributed by atoms with Gasteiger partial charge in [0.15, 0.2) is 17.3 Å². The van der Waals surface area contributed by atoms with E-state index in [2.05, 4.69) is 20.5 Å². The Morgan fingerprint density at radius 3 is 3.12 bits per heavy atom. The molecule has 82 valence electrons. The molecule has 1 aliphatic rings. The van der Waals surface area contributed by atoms with Gasteiger partial charge in [-0.05, 0) is 0 Å². The minimum atomic E-state index is -1.08. The Hall–Kier alpha value is -2.31. The molecule has 0 radical (unpaired) electrons. The topological polar surface area (TPSA) is 104 Å². The van der Waals surface area contributed by atoms with Crippen LogP contribution in [0.4, 0.5) is 5.69 Å². The molecule has 0 saturated carbocycles. The van der Waals surface area contributed by atoms with Gasteiger partial charge in [-0.2, -0.15) is 5.10 Å². The maximum Gasteiger partial charge on any atom is 0.358 e. The van der Waals surface area contributed by atoms with Crippen molar-refractivity contribution in [1.29, 1.82) is 0 Å². The van der Waals surface area contributed by atoms with E-state index in [1.54, 1.807) is 6.92 Å². The third-order valence-corrected chi connectivity index (χ3v) is 2.43. The highest BCUT2D eigenvalue weighted by atomic mass is 16.4. The molecule has 3 heterocycles. The van der Waals surface area contributed by atoms with E-state index in [0.29, 0.717) is 29.6 Å². The van der Waals surface area contributed by atoms with Gasteiger partial charge in [0.1, 0.15) is 11.4 Å². The average molecular weight is 220 g/mol. The summed E-state index contributed by atoms with van der Waals surface area (Å²) in [6, 6.07) is 0. The van der Waals surface area contributed by atoms with Crippen LogP contribution in [-0.4, -0.2) is 26.3 Å². The second-order valence-electron chi connectivity index (χ2n) is 3.49. The van der Waals surface area contributed by atoms with Crippen molar-refractivity contribution in [3.8, 4) is 11.5 Å². The van der Waals surface area contributed by atoms with Gasteiger partial charge in [0.2, 0.25) is 0 Å². The Labute approximate surface area is 89.5 Å². The summed E-state index contributed by atoms with van der Waals surface area (Å²) in [6.45, 7) is 2.19. The third kappa shape index (κ3) is 1.05. The molecular weight excluding hydrogens is 212 g/mol. The molecule has 0 atom stereocenters. The summed E-state index contributed by atoms with van der Waals surface area (Å²) in [7, 11) is 0. The number of hydrogen-bond donors (Lipinski definition) is 3. The Bertz CT molecular complexity index is 584. The Balaban J connectivity index is 2.22. The predicted octanol–water partition coefficient (Wildman–Crippen LogP) is 0.997. The van der Waals surface area contributed by atoms with Crippen molar-refractivity contribution < 1.29 is 14.3 Å². The van der Waals surface area contributed by atoms with Crippen molar-refractivity contribution in [1.82, 2.24) is 15.2 Å². The van der Waals surface area contributed by atoms with Gasteiger partial charge in [0, 0.05) is 6.92 Å². The number of carboxylic acids is 1. The van der Waals surface area contributed by atoms with Gasteiger partial charge >= 0.3 is 5.97 Å². The maximum absolute atomic E-state index is 10.9. The highest BCUT2D eigenvalue weighted by Crippen LogP contribution is 2.36. The van der Waals surface area contributed by atoms with Gasteiger partial charge in [-0.1, -0.05) is 0 Å². The largest absolute Gasteiger partial charge is 0.476 e. The predicted molar refractivity (Wildman–Crippen MR) is 53.1 cm³/mol. The molecular formula is C9H8N4O3. The molecule has 0 aromatic carbocycles. The molecule has 3 N–H and O–H groups in total. The number of aromatic carboxylic acids is 1. The first-order valence-electron chi connectivity index (χ1n) is 4.69. The third-order valence-electron chi connectivity index (χ3n) is 2.43. The van der Waals surface area contributed by atoms with Crippen LogP contribution in [0.1, 0.15) is 22.1 Å². The average Bonchev–Trinajstić information content (AvgIpc) is 2.77. The minimum Gasteiger partial charge on any atom is -0.476 e. The van der Waals surface area contributed by atoms with Crippen LogP contribution in [-0.2, 0) is 6.54 Å². The van der Waals surface area contributed by atoms with Crippen LogP contribution in [0.25, 0.3) is 11.5 Å². The van der Waals surface area contributed by atoms with Crippen molar-refractivity contribution >= 4 is 11.7 Å². The monoisotopic (exact) mass is 220 g/mol. The molecule has 2 aromatic rings. The number of carbonyl (C=O) groups is 1. The molecule has 0 aliphatic carbocycles. The van der Waals surface area contributed by atoms with Gasteiger partial charge < -0.3 is 14.8 Å².